The van der Waals surface area contributed by atoms with Crippen LogP contribution in [-0.2, 0) is 17.9 Å². The molecule has 0 bridgehead atoms. The van der Waals surface area contributed by atoms with Crippen LogP contribution in [0, 0.1) is 0 Å². The number of hydrogen-bond donors (Lipinski definition) is 2. The van der Waals surface area contributed by atoms with Gasteiger partial charge < -0.3 is 11.1 Å². The van der Waals surface area contributed by atoms with E-state index in [2.05, 4.69) is 51.5 Å². The summed E-state index contributed by atoms with van der Waals surface area (Å²) in [5, 5.41) is 3.06. The van der Waals surface area contributed by atoms with Crippen molar-refractivity contribution in [2.75, 3.05) is 32.7 Å². The predicted octanol–water partition coefficient (Wildman–Crippen LogP) is 2.33. The molecular formula is C24H32N4O. The average Bonchev–Trinajstić information content (AvgIpc) is 3.37. The molecule has 2 aliphatic heterocycles. The molecule has 2 aliphatic rings. The Morgan fingerprint density at radius 1 is 0.931 bits per heavy atom. The zero-order valence-corrected chi connectivity index (χ0v) is 17.1. The topological polar surface area (TPSA) is 61.6 Å². The molecule has 2 heterocycles. The number of hydrogen-bond acceptors (Lipinski definition) is 4. The van der Waals surface area contributed by atoms with Gasteiger partial charge in [0.1, 0.15) is 0 Å². The number of benzene rings is 2. The number of nitrogens with zero attached hydrogens (tertiary/aromatic N) is 2. The third-order valence-electron chi connectivity index (χ3n) is 6.15. The van der Waals surface area contributed by atoms with Gasteiger partial charge in [-0.25, -0.2) is 0 Å². The van der Waals surface area contributed by atoms with E-state index in [-0.39, 0.29) is 11.9 Å². The van der Waals surface area contributed by atoms with E-state index >= 15 is 0 Å². The van der Waals surface area contributed by atoms with Crippen LogP contribution in [0.2, 0.25) is 0 Å². The summed E-state index contributed by atoms with van der Waals surface area (Å²) in [5.74, 6) is 0.360. The molecule has 5 heteroatoms. The molecule has 5 nitrogen and oxygen atoms in total. The minimum atomic E-state index is 0.0621. The van der Waals surface area contributed by atoms with Crippen molar-refractivity contribution in [3.63, 3.8) is 0 Å². The van der Waals surface area contributed by atoms with Crippen molar-refractivity contribution in [2.24, 2.45) is 5.73 Å². The van der Waals surface area contributed by atoms with Gasteiger partial charge >= 0.3 is 0 Å². The van der Waals surface area contributed by atoms with Crippen molar-refractivity contribution < 1.29 is 4.79 Å². The van der Waals surface area contributed by atoms with Gasteiger partial charge in [-0.3, -0.25) is 14.6 Å². The van der Waals surface area contributed by atoms with Crippen molar-refractivity contribution in [2.45, 2.75) is 37.9 Å². The molecule has 2 atom stereocenters. The standard InChI is InChI=1S/C24H32N4O/c25-23-17-28(16-22(23)21-6-2-1-3-7-21)18-24(29)26-14-19-8-10-20(11-9-19)15-27-12-4-5-13-27/h1-3,6-11,22-23H,4-5,12-18,25H2,(H,26,29)/t22-,23+/m0/s1. The molecule has 29 heavy (non-hydrogen) atoms. The maximum Gasteiger partial charge on any atom is 0.234 e. The fourth-order valence-electron chi connectivity index (χ4n) is 4.52. The molecule has 0 aliphatic carbocycles. The van der Waals surface area contributed by atoms with E-state index in [1.807, 2.05) is 18.2 Å². The maximum atomic E-state index is 12.4. The zero-order chi connectivity index (χ0) is 20.1. The Morgan fingerprint density at radius 3 is 2.34 bits per heavy atom. The highest BCUT2D eigenvalue weighted by Gasteiger charge is 2.31. The van der Waals surface area contributed by atoms with Crippen molar-refractivity contribution in [1.29, 1.82) is 0 Å². The first-order valence-corrected chi connectivity index (χ1v) is 10.8. The molecule has 0 spiro atoms. The van der Waals surface area contributed by atoms with Crippen LogP contribution in [0.4, 0.5) is 0 Å². The summed E-state index contributed by atoms with van der Waals surface area (Å²) < 4.78 is 0. The van der Waals surface area contributed by atoms with Gasteiger partial charge in [-0.05, 0) is 42.6 Å². The Labute approximate surface area is 173 Å². The first kappa shape index (κ1) is 20.1. The highest BCUT2D eigenvalue weighted by atomic mass is 16.2. The second-order valence-corrected chi connectivity index (χ2v) is 8.45. The zero-order valence-electron chi connectivity index (χ0n) is 17.1. The SMILES string of the molecule is N[C@@H]1CN(CC(=O)NCc2ccc(CN3CCCC3)cc2)C[C@H]1c1ccccc1. The molecule has 0 saturated carbocycles. The van der Waals surface area contributed by atoms with Crippen LogP contribution < -0.4 is 11.1 Å². The van der Waals surface area contributed by atoms with E-state index in [1.54, 1.807) is 0 Å². The molecule has 154 valence electrons. The summed E-state index contributed by atoms with van der Waals surface area (Å²) >= 11 is 0. The number of amides is 1. The number of carbonyl (C=O) groups excluding carboxylic acids is 1. The summed E-state index contributed by atoms with van der Waals surface area (Å²) in [6.45, 7) is 6.04. The predicted molar refractivity (Wildman–Crippen MR) is 116 cm³/mol. The average molecular weight is 393 g/mol. The fourth-order valence-corrected chi connectivity index (χ4v) is 4.52. The first-order valence-electron chi connectivity index (χ1n) is 10.8. The minimum absolute atomic E-state index is 0.0621. The van der Waals surface area contributed by atoms with Gasteiger partial charge in [0.05, 0.1) is 6.54 Å². The van der Waals surface area contributed by atoms with E-state index in [0.29, 0.717) is 19.0 Å². The summed E-state index contributed by atoms with van der Waals surface area (Å²) in [4.78, 5) is 17.1. The van der Waals surface area contributed by atoms with Crippen molar-refractivity contribution in [1.82, 2.24) is 15.1 Å². The number of nitrogens with two attached hydrogens (primary N) is 1. The van der Waals surface area contributed by atoms with Gasteiger partial charge in [-0.1, -0.05) is 54.6 Å². The normalized spacial score (nSPS) is 22.8. The molecule has 0 aromatic heterocycles. The van der Waals surface area contributed by atoms with Crippen LogP contribution in [0.25, 0.3) is 0 Å². The molecule has 2 aromatic rings. The molecule has 2 saturated heterocycles. The van der Waals surface area contributed by atoms with Gasteiger partial charge in [0.2, 0.25) is 5.91 Å². The Balaban J connectivity index is 1.22. The van der Waals surface area contributed by atoms with Crippen LogP contribution in [0.15, 0.2) is 54.6 Å². The minimum Gasteiger partial charge on any atom is -0.351 e. The van der Waals surface area contributed by atoms with Gasteiger partial charge in [0, 0.05) is 38.1 Å². The highest BCUT2D eigenvalue weighted by Crippen LogP contribution is 2.26. The number of likely N-dealkylation sites (tertiary alicyclic amines) is 2. The van der Waals surface area contributed by atoms with Crippen molar-refractivity contribution in [3.05, 3.63) is 71.3 Å². The molecule has 3 N–H and O–H groups in total. The molecular weight excluding hydrogens is 360 g/mol. The second-order valence-electron chi connectivity index (χ2n) is 8.45. The van der Waals surface area contributed by atoms with E-state index in [0.717, 1.165) is 25.2 Å². The Hall–Kier alpha value is -2.21. The van der Waals surface area contributed by atoms with E-state index in [4.69, 9.17) is 5.73 Å². The maximum absolute atomic E-state index is 12.4. The van der Waals surface area contributed by atoms with E-state index in [1.165, 1.54) is 37.1 Å². The Kier molecular flexibility index (Phi) is 6.60. The van der Waals surface area contributed by atoms with Crippen molar-refractivity contribution in [3.8, 4) is 0 Å². The van der Waals surface area contributed by atoms with E-state index < -0.39 is 0 Å². The third-order valence-corrected chi connectivity index (χ3v) is 6.15. The summed E-state index contributed by atoms with van der Waals surface area (Å²) in [7, 11) is 0. The van der Waals surface area contributed by atoms with Crippen LogP contribution >= 0.6 is 0 Å². The smallest absolute Gasteiger partial charge is 0.234 e. The first-order chi connectivity index (χ1) is 14.2. The molecule has 1 amide bonds. The Bertz CT molecular complexity index is 786. The number of carbonyl (C=O) groups is 1. The number of nitrogens with one attached hydrogen (secondary N) is 1. The molecule has 4 rings (SSSR count). The summed E-state index contributed by atoms with van der Waals surface area (Å²) in [6, 6.07) is 19.1. The van der Waals surface area contributed by atoms with Gasteiger partial charge in [-0.2, -0.15) is 0 Å². The molecule has 2 aromatic carbocycles. The highest BCUT2D eigenvalue weighted by molar-refractivity contribution is 5.78. The number of rotatable bonds is 7. The lowest BCUT2D eigenvalue weighted by Crippen LogP contribution is -2.37. The molecule has 0 unspecified atom stereocenters. The summed E-state index contributed by atoms with van der Waals surface area (Å²) in [5.41, 5.74) is 10.1. The third kappa shape index (κ3) is 5.44. The van der Waals surface area contributed by atoms with Gasteiger partial charge in [-0.15, -0.1) is 0 Å². The second kappa shape index (κ2) is 9.53. The molecule has 0 radical (unpaired) electrons. The lowest BCUT2D eigenvalue weighted by molar-refractivity contribution is -0.122. The lowest BCUT2D eigenvalue weighted by atomic mass is 9.95. The quantitative estimate of drug-likeness (QED) is 0.759. The van der Waals surface area contributed by atoms with Crippen LogP contribution in [-0.4, -0.2) is 54.5 Å². The fraction of sp³-hybridized carbons (Fsp3) is 0.458. The lowest BCUT2D eigenvalue weighted by Gasteiger charge is -2.16. The van der Waals surface area contributed by atoms with E-state index in [9.17, 15) is 4.79 Å². The van der Waals surface area contributed by atoms with Crippen molar-refractivity contribution >= 4 is 5.91 Å². The van der Waals surface area contributed by atoms with Crippen LogP contribution in [0.1, 0.15) is 35.4 Å². The monoisotopic (exact) mass is 392 g/mol. The largest absolute Gasteiger partial charge is 0.351 e. The van der Waals surface area contributed by atoms with Crippen LogP contribution in [0.5, 0.6) is 0 Å². The van der Waals surface area contributed by atoms with Gasteiger partial charge in [0.15, 0.2) is 0 Å². The summed E-state index contributed by atoms with van der Waals surface area (Å²) in [6.07, 6.45) is 2.64. The molecule has 2 fully saturated rings. The van der Waals surface area contributed by atoms with Gasteiger partial charge in [0.25, 0.3) is 0 Å². The van der Waals surface area contributed by atoms with Crippen LogP contribution in [0.3, 0.4) is 0 Å². The Morgan fingerprint density at radius 2 is 1.62 bits per heavy atom.